The van der Waals surface area contributed by atoms with E-state index >= 15 is 0 Å². The second-order valence-electron chi connectivity index (χ2n) is 4.33. The molecule has 7 heteroatoms. The van der Waals surface area contributed by atoms with E-state index < -0.39 is 0 Å². The van der Waals surface area contributed by atoms with Gasteiger partial charge < -0.3 is 10.6 Å². The Balaban J connectivity index is 1.96. The van der Waals surface area contributed by atoms with E-state index in [1.54, 1.807) is 6.20 Å². The summed E-state index contributed by atoms with van der Waals surface area (Å²) in [5.74, 6) is 0.533. The largest absolute Gasteiger partial charge is 0.358 e. The lowest BCUT2D eigenvalue weighted by Crippen LogP contribution is -2.28. The van der Waals surface area contributed by atoms with Crippen molar-refractivity contribution < 1.29 is 0 Å². The molecular weight excluding hydrogens is 393 g/mol. The first-order valence-corrected chi connectivity index (χ1v) is 8.03. The summed E-state index contributed by atoms with van der Waals surface area (Å²) in [4.78, 5) is 4.21. The molecule has 110 valence electrons. The Bertz CT molecular complexity index is 662. The van der Waals surface area contributed by atoms with Crippen molar-refractivity contribution in [2.24, 2.45) is 0 Å². The summed E-state index contributed by atoms with van der Waals surface area (Å²) in [6, 6.07) is 7.55. The fraction of sp³-hybridized carbons (Fsp3) is 0.143. The molecule has 0 saturated heterocycles. The van der Waals surface area contributed by atoms with E-state index in [1.807, 2.05) is 31.2 Å². The Morgan fingerprint density at radius 3 is 2.62 bits per heavy atom. The number of nitrogens with zero attached hydrogens (tertiary/aromatic N) is 1. The zero-order valence-electron chi connectivity index (χ0n) is 11.1. The van der Waals surface area contributed by atoms with Gasteiger partial charge in [-0.05, 0) is 58.3 Å². The van der Waals surface area contributed by atoms with E-state index in [0.29, 0.717) is 27.5 Å². The van der Waals surface area contributed by atoms with Crippen LogP contribution in [0.3, 0.4) is 0 Å². The Morgan fingerprint density at radius 2 is 1.95 bits per heavy atom. The molecule has 0 amide bonds. The highest BCUT2D eigenvalue weighted by Gasteiger charge is 2.09. The van der Waals surface area contributed by atoms with Crippen LogP contribution in [-0.4, -0.2) is 10.1 Å². The highest BCUT2D eigenvalue weighted by atomic mass is 79.9. The fourth-order valence-electron chi connectivity index (χ4n) is 1.58. The lowest BCUT2D eigenvalue weighted by molar-refractivity contribution is 0.925. The molecule has 0 radical (unpaired) electrons. The van der Waals surface area contributed by atoms with Gasteiger partial charge in [0.25, 0.3) is 0 Å². The van der Waals surface area contributed by atoms with E-state index in [4.69, 9.17) is 35.4 Å². The molecule has 2 aromatic rings. The van der Waals surface area contributed by atoms with Crippen LogP contribution in [0.1, 0.15) is 11.1 Å². The molecule has 2 N–H and O–H groups in total. The summed E-state index contributed by atoms with van der Waals surface area (Å²) in [5.41, 5.74) is 1.99. The van der Waals surface area contributed by atoms with Gasteiger partial charge in [-0.15, -0.1) is 0 Å². The number of halogens is 3. The van der Waals surface area contributed by atoms with Gasteiger partial charge in [-0.1, -0.05) is 35.3 Å². The molecule has 0 bridgehead atoms. The van der Waals surface area contributed by atoms with Crippen LogP contribution in [0.4, 0.5) is 5.82 Å². The van der Waals surface area contributed by atoms with Gasteiger partial charge >= 0.3 is 0 Å². The monoisotopic (exact) mass is 403 g/mol. The predicted molar refractivity (Wildman–Crippen MR) is 96.2 cm³/mol. The highest BCUT2D eigenvalue weighted by molar-refractivity contribution is 9.10. The Hall–Kier alpha value is -0.880. The van der Waals surface area contributed by atoms with Crippen molar-refractivity contribution in [3.8, 4) is 0 Å². The number of pyridine rings is 1. The first kappa shape index (κ1) is 16.5. The highest BCUT2D eigenvalue weighted by Crippen LogP contribution is 2.28. The number of hydrogen-bond acceptors (Lipinski definition) is 2. The van der Waals surface area contributed by atoms with Crippen molar-refractivity contribution in [1.29, 1.82) is 0 Å². The maximum atomic E-state index is 6.22. The number of benzene rings is 1. The molecule has 3 nitrogen and oxygen atoms in total. The molecule has 0 aliphatic carbocycles. The second-order valence-corrected chi connectivity index (χ2v) is 6.40. The second kappa shape index (κ2) is 7.40. The number of thiocarbonyl (C=S) groups is 1. The van der Waals surface area contributed by atoms with Crippen LogP contribution in [0.25, 0.3) is 0 Å². The molecule has 0 aliphatic rings. The summed E-state index contributed by atoms with van der Waals surface area (Å²) >= 11 is 20.7. The SMILES string of the molecule is Cc1c(Br)cnc(NC(=S)NCc2ccc(Cl)cc2)c1Cl. The Labute approximate surface area is 147 Å². The minimum atomic E-state index is 0.459. The Morgan fingerprint density at radius 1 is 1.29 bits per heavy atom. The van der Waals surface area contributed by atoms with Crippen molar-refractivity contribution >= 4 is 62.3 Å². The van der Waals surface area contributed by atoms with E-state index in [9.17, 15) is 0 Å². The van der Waals surface area contributed by atoms with E-state index in [2.05, 4.69) is 31.5 Å². The number of rotatable bonds is 3. The number of nitrogens with one attached hydrogen (secondary N) is 2. The average Bonchev–Trinajstić information content (AvgIpc) is 2.47. The summed E-state index contributed by atoms with van der Waals surface area (Å²) in [6.45, 7) is 2.50. The molecule has 2 rings (SSSR count). The summed E-state index contributed by atoms with van der Waals surface area (Å²) in [5, 5.41) is 7.80. The maximum absolute atomic E-state index is 6.22. The molecule has 0 fully saturated rings. The van der Waals surface area contributed by atoms with Gasteiger partial charge in [0.2, 0.25) is 0 Å². The summed E-state index contributed by atoms with van der Waals surface area (Å²) < 4.78 is 0.859. The predicted octanol–water partition coefficient (Wildman–Crippen LogP) is 4.95. The molecule has 0 spiro atoms. The van der Waals surface area contributed by atoms with Crippen LogP contribution in [-0.2, 0) is 6.54 Å². The third kappa shape index (κ3) is 4.54. The Kier molecular flexibility index (Phi) is 5.81. The van der Waals surface area contributed by atoms with Crippen LogP contribution >= 0.6 is 51.3 Å². The standard InChI is InChI=1S/C14H12BrCl2N3S/c1-8-11(15)7-18-13(12(8)17)20-14(21)19-6-9-2-4-10(16)5-3-9/h2-5,7H,6H2,1H3,(H2,18,19,20,21). The molecule has 0 unspecified atom stereocenters. The summed E-state index contributed by atoms with van der Waals surface area (Å²) in [6.07, 6.45) is 1.69. The van der Waals surface area contributed by atoms with Gasteiger partial charge in [0, 0.05) is 22.2 Å². The van der Waals surface area contributed by atoms with E-state index in [-0.39, 0.29) is 0 Å². The van der Waals surface area contributed by atoms with Gasteiger partial charge in [0.05, 0.1) is 5.02 Å². The minimum absolute atomic E-state index is 0.459. The van der Waals surface area contributed by atoms with Crippen LogP contribution in [0.2, 0.25) is 10.0 Å². The van der Waals surface area contributed by atoms with Crippen LogP contribution in [0.15, 0.2) is 34.9 Å². The number of aromatic nitrogens is 1. The quantitative estimate of drug-likeness (QED) is 0.710. The van der Waals surface area contributed by atoms with Crippen molar-refractivity contribution in [2.75, 3.05) is 5.32 Å². The first-order valence-electron chi connectivity index (χ1n) is 6.07. The molecule has 0 saturated carbocycles. The lowest BCUT2D eigenvalue weighted by Gasteiger charge is -2.12. The van der Waals surface area contributed by atoms with Gasteiger partial charge in [0.15, 0.2) is 10.9 Å². The summed E-state index contributed by atoms with van der Waals surface area (Å²) in [7, 11) is 0. The minimum Gasteiger partial charge on any atom is -0.358 e. The number of anilines is 1. The topological polar surface area (TPSA) is 37.0 Å². The van der Waals surface area contributed by atoms with Crippen molar-refractivity contribution in [3.05, 3.63) is 56.1 Å². The molecule has 0 aliphatic heterocycles. The lowest BCUT2D eigenvalue weighted by atomic mass is 10.2. The zero-order chi connectivity index (χ0) is 15.4. The fourth-order valence-corrected chi connectivity index (χ4v) is 2.49. The third-order valence-electron chi connectivity index (χ3n) is 2.80. The maximum Gasteiger partial charge on any atom is 0.172 e. The van der Waals surface area contributed by atoms with Crippen LogP contribution in [0, 0.1) is 6.92 Å². The average molecular weight is 405 g/mol. The number of hydrogen-bond donors (Lipinski definition) is 2. The molecule has 1 aromatic carbocycles. The van der Waals surface area contributed by atoms with Gasteiger partial charge in [-0.2, -0.15) is 0 Å². The van der Waals surface area contributed by atoms with E-state index in [0.717, 1.165) is 15.6 Å². The van der Waals surface area contributed by atoms with Crippen LogP contribution < -0.4 is 10.6 Å². The molecular formula is C14H12BrCl2N3S. The van der Waals surface area contributed by atoms with Gasteiger partial charge in [-0.3, -0.25) is 0 Å². The van der Waals surface area contributed by atoms with E-state index in [1.165, 1.54) is 0 Å². The first-order chi connectivity index (χ1) is 9.97. The molecule has 21 heavy (non-hydrogen) atoms. The third-order valence-corrected chi connectivity index (χ3v) is 4.56. The van der Waals surface area contributed by atoms with Gasteiger partial charge in [-0.25, -0.2) is 4.98 Å². The molecule has 1 heterocycles. The van der Waals surface area contributed by atoms with Gasteiger partial charge in [0.1, 0.15) is 0 Å². The van der Waals surface area contributed by atoms with Crippen molar-refractivity contribution in [1.82, 2.24) is 10.3 Å². The molecule has 0 atom stereocenters. The smallest absolute Gasteiger partial charge is 0.172 e. The van der Waals surface area contributed by atoms with Crippen molar-refractivity contribution in [3.63, 3.8) is 0 Å². The zero-order valence-corrected chi connectivity index (χ0v) is 15.0. The molecule has 1 aromatic heterocycles. The van der Waals surface area contributed by atoms with Crippen molar-refractivity contribution in [2.45, 2.75) is 13.5 Å². The normalized spacial score (nSPS) is 10.3. The van der Waals surface area contributed by atoms with Crippen LogP contribution in [0.5, 0.6) is 0 Å².